The van der Waals surface area contributed by atoms with Gasteiger partial charge in [-0.05, 0) is 31.0 Å². The molecule has 0 saturated heterocycles. The zero-order valence-electron chi connectivity index (χ0n) is 9.28. The standard InChI is InChI=1S/C13H12ClNO2/c14-11-1-2-12(10(7-11)8-16)17-9-13(3-4-13)5-6-15/h1-2,7-8H,3-5,9H2. The first kappa shape index (κ1) is 11.9. The van der Waals surface area contributed by atoms with E-state index in [1.807, 2.05) is 0 Å². The van der Waals surface area contributed by atoms with Crippen LogP contribution < -0.4 is 4.74 Å². The molecule has 0 aliphatic heterocycles. The zero-order chi connectivity index (χ0) is 12.3. The molecule has 88 valence electrons. The first-order valence-corrected chi connectivity index (χ1v) is 5.81. The van der Waals surface area contributed by atoms with E-state index < -0.39 is 0 Å². The van der Waals surface area contributed by atoms with Gasteiger partial charge in [0.25, 0.3) is 0 Å². The Labute approximate surface area is 105 Å². The Morgan fingerprint density at radius 2 is 2.29 bits per heavy atom. The fourth-order valence-electron chi connectivity index (χ4n) is 1.69. The van der Waals surface area contributed by atoms with Crippen molar-refractivity contribution in [2.24, 2.45) is 5.41 Å². The van der Waals surface area contributed by atoms with Gasteiger partial charge in [0.15, 0.2) is 6.29 Å². The molecule has 0 amide bonds. The number of hydrogen-bond acceptors (Lipinski definition) is 3. The average molecular weight is 250 g/mol. The molecule has 1 saturated carbocycles. The van der Waals surface area contributed by atoms with Crippen LogP contribution in [0.3, 0.4) is 0 Å². The summed E-state index contributed by atoms with van der Waals surface area (Å²) in [6, 6.07) is 7.13. The van der Waals surface area contributed by atoms with Crippen LogP contribution in [0.2, 0.25) is 5.02 Å². The maximum Gasteiger partial charge on any atom is 0.153 e. The van der Waals surface area contributed by atoms with Crippen LogP contribution in [0.4, 0.5) is 0 Å². The molecule has 0 aromatic heterocycles. The molecule has 3 nitrogen and oxygen atoms in total. The van der Waals surface area contributed by atoms with E-state index in [0.29, 0.717) is 29.4 Å². The lowest BCUT2D eigenvalue weighted by Crippen LogP contribution is -2.13. The predicted molar refractivity (Wildman–Crippen MR) is 64.2 cm³/mol. The Balaban J connectivity index is 2.04. The zero-order valence-corrected chi connectivity index (χ0v) is 10.0. The molecule has 4 heteroatoms. The first-order chi connectivity index (χ1) is 8.19. The average Bonchev–Trinajstić information content (AvgIpc) is 3.08. The number of ether oxygens (including phenoxy) is 1. The van der Waals surface area contributed by atoms with Crippen LogP contribution in [0.1, 0.15) is 29.6 Å². The van der Waals surface area contributed by atoms with Gasteiger partial charge in [-0.25, -0.2) is 0 Å². The van der Waals surface area contributed by atoms with Gasteiger partial charge in [-0.3, -0.25) is 4.79 Å². The lowest BCUT2D eigenvalue weighted by Gasteiger charge is -2.14. The Kier molecular flexibility index (Phi) is 3.35. The summed E-state index contributed by atoms with van der Waals surface area (Å²) < 4.78 is 5.62. The number of rotatable bonds is 5. The molecule has 0 unspecified atom stereocenters. The van der Waals surface area contributed by atoms with Crippen molar-refractivity contribution in [3.63, 3.8) is 0 Å². The van der Waals surface area contributed by atoms with Crippen LogP contribution in [0.25, 0.3) is 0 Å². The normalized spacial score (nSPS) is 16.0. The molecule has 0 heterocycles. The Morgan fingerprint density at radius 3 is 2.88 bits per heavy atom. The number of halogens is 1. The SMILES string of the molecule is N#CCC1(COc2ccc(Cl)cc2C=O)CC1. The third kappa shape index (κ3) is 2.78. The van der Waals surface area contributed by atoms with E-state index in [9.17, 15) is 4.79 Å². The second-order valence-electron chi connectivity index (χ2n) is 4.42. The monoisotopic (exact) mass is 249 g/mol. The molecular formula is C13H12ClNO2. The van der Waals surface area contributed by atoms with Crippen molar-refractivity contribution in [1.82, 2.24) is 0 Å². The van der Waals surface area contributed by atoms with Gasteiger partial charge >= 0.3 is 0 Å². The third-order valence-corrected chi connectivity index (χ3v) is 3.28. The molecule has 0 N–H and O–H groups in total. The van der Waals surface area contributed by atoms with Gasteiger partial charge < -0.3 is 4.74 Å². The maximum absolute atomic E-state index is 10.9. The number of carbonyl (C=O) groups excluding carboxylic acids is 1. The Hall–Kier alpha value is -1.53. The van der Waals surface area contributed by atoms with Crippen LogP contribution in [-0.4, -0.2) is 12.9 Å². The first-order valence-electron chi connectivity index (χ1n) is 5.44. The molecule has 1 aliphatic carbocycles. The van der Waals surface area contributed by atoms with Crippen molar-refractivity contribution < 1.29 is 9.53 Å². The molecular weight excluding hydrogens is 238 g/mol. The summed E-state index contributed by atoms with van der Waals surface area (Å²) in [7, 11) is 0. The van der Waals surface area contributed by atoms with Crippen LogP contribution in [-0.2, 0) is 0 Å². The van der Waals surface area contributed by atoms with Gasteiger partial charge in [0.05, 0.1) is 18.2 Å². The molecule has 1 aromatic rings. The highest BCUT2D eigenvalue weighted by atomic mass is 35.5. The lowest BCUT2D eigenvalue weighted by molar-refractivity contribution is 0.111. The van der Waals surface area contributed by atoms with Crippen molar-refractivity contribution in [3.8, 4) is 11.8 Å². The molecule has 1 aliphatic rings. The summed E-state index contributed by atoms with van der Waals surface area (Å²) in [5.74, 6) is 0.536. The van der Waals surface area contributed by atoms with Crippen molar-refractivity contribution in [2.75, 3.05) is 6.61 Å². The fraction of sp³-hybridized carbons (Fsp3) is 0.385. The molecule has 0 spiro atoms. The van der Waals surface area contributed by atoms with Crippen molar-refractivity contribution in [1.29, 1.82) is 5.26 Å². The van der Waals surface area contributed by atoms with Gasteiger partial charge in [-0.15, -0.1) is 0 Å². The predicted octanol–water partition coefficient (Wildman–Crippen LogP) is 3.23. The van der Waals surface area contributed by atoms with E-state index >= 15 is 0 Å². The largest absolute Gasteiger partial charge is 0.492 e. The number of benzene rings is 1. The second kappa shape index (κ2) is 4.77. The molecule has 2 rings (SSSR count). The number of nitrogens with zero attached hydrogens (tertiary/aromatic N) is 1. The van der Waals surface area contributed by atoms with E-state index in [0.717, 1.165) is 19.1 Å². The second-order valence-corrected chi connectivity index (χ2v) is 4.86. The molecule has 1 fully saturated rings. The highest BCUT2D eigenvalue weighted by molar-refractivity contribution is 6.30. The highest BCUT2D eigenvalue weighted by Crippen LogP contribution is 2.48. The van der Waals surface area contributed by atoms with E-state index in [1.165, 1.54) is 0 Å². The molecule has 0 radical (unpaired) electrons. The Morgan fingerprint density at radius 1 is 1.53 bits per heavy atom. The van der Waals surface area contributed by atoms with Crippen LogP contribution in [0.15, 0.2) is 18.2 Å². The topological polar surface area (TPSA) is 50.1 Å². The third-order valence-electron chi connectivity index (χ3n) is 3.04. The van der Waals surface area contributed by atoms with Gasteiger partial charge in [0.1, 0.15) is 5.75 Å². The molecule has 17 heavy (non-hydrogen) atoms. The van der Waals surface area contributed by atoms with Crippen molar-refractivity contribution in [3.05, 3.63) is 28.8 Å². The molecule has 0 bridgehead atoms. The van der Waals surface area contributed by atoms with Crippen molar-refractivity contribution >= 4 is 17.9 Å². The quantitative estimate of drug-likeness (QED) is 0.753. The summed E-state index contributed by atoms with van der Waals surface area (Å²) in [5.41, 5.74) is 0.458. The summed E-state index contributed by atoms with van der Waals surface area (Å²) >= 11 is 5.79. The minimum absolute atomic E-state index is 0.00847. The van der Waals surface area contributed by atoms with E-state index in [2.05, 4.69) is 6.07 Å². The summed E-state index contributed by atoms with van der Waals surface area (Å²) in [4.78, 5) is 10.9. The van der Waals surface area contributed by atoms with Gasteiger partial charge in [0.2, 0.25) is 0 Å². The summed E-state index contributed by atoms with van der Waals surface area (Å²) in [6.07, 6.45) is 3.28. The van der Waals surface area contributed by atoms with Gasteiger partial charge in [0, 0.05) is 16.9 Å². The maximum atomic E-state index is 10.9. The van der Waals surface area contributed by atoms with E-state index in [4.69, 9.17) is 21.6 Å². The van der Waals surface area contributed by atoms with Crippen LogP contribution >= 0.6 is 11.6 Å². The van der Waals surface area contributed by atoms with Gasteiger partial charge in [-0.2, -0.15) is 5.26 Å². The van der Waals surface area contributed by atoms with Crippen molar-refractivity contribution in [2.45, 2.75) is 19.3 Å². The minimum atomic E-state index is 0.00847. The van der Waals surface area contributed by atoms with Crippen LogP contribution in [0, 0.1) is 16.7 Å². The smallest absolute Gasteiger partial charge is 0.153 e. The number of carbonyl (C=O) groups is 1. The molecule has 1 aromatic carbocycles. The van der Waals surface area contributed by atoms with Gasteiger partial charge in [-0.1, -0.05) is 11.6 Å². The molecule has 0 atom stereocenters. The van der Waals surface area contributed by atoms with E-state index in [1.54, 1.807) is 18.2 Å². The Bertz CT molecular complexity index is 475. The number of nitriles is 1. The summed E-state index contributed by atoms with van der Waals surface area (Å²) in [5, 5.41) is 9.21. The number of hydrogen-bond donors (Lipinski definition) is 0. The van der Waals surface area contributed by atoms with E-state index in [-0.39, 0.29) is 5.41 Å². The van der Waals surface area contributed by atoms with Crippen LogP contribution in [0.5, 0.6) is 5.75 Å². The lowest BCUT2D eigenvalue weighted by atomic mass is 10.1. The fourth-order valence-corrected chi connectivity index (χ4v) is 1.87. The highest BCUT2D eigenvalue weighted by Gasteiger charge is 2.43. The minimum Gasteiger partial charge on any atom is -0.492 e. The number of aldehydes is 1. The summed E-state index contributed by atoms with van der Waals surface area (Å²) in [6.45, 7) is 0.489.